The van der Waals surface area contributed by atoms with Gasteiger partial charge in [0.05, 0.1) is 5.56 Å². The van der Waals surface area contributed by atoms with Crippen molar-refractivity contribution in [2.24, 2.45) is 5.92 Å². The first kappa shape index (κ1) is 13.9. The van der Waals surface area contributed by atoms with Crippen molar-refractivity contribution < 1.29 is 9.90 Å². The van der Waals surface area contributed by atoms with Crippen LogP contribution in [-0.4, -0.2) is 29.6 Å². The van der Waals surface area contributed by atoms with E-state index < -0.39 is 5.97 Å². The lowest BCUT2D eigenvalue weighted by molar-refractivity contribution is 0.0696. The number of hydrogen-bond donors (Lipinski definition) is 2. The summed E-state index contributed by atoms with van der Waals surface area (Å²) in [5.74, 6) is -0.179. The van der Waals surface area contributed by atoms with Crippen LogP contribution in [0.1, 0.15) is 41.6 Å². The van der Waals surface area contributed by atoms with Gasteiger partial charge in [-0.2, -0.15) is 0 Å². The molecule has 0 bridgehead atoms. The van der Waals surface area contributed by atoms with E-state index in [4.69, 9.17) is 5.73 Å². The summed E-state index contributed by atoms with van der Waals surface area (Å²) < 4.78 is 0. The van der Waals surface area contributed by atoms with E-state index in [2.05, 4.69) is 4.90 Å². The summed E-state index contributed by atoms with van der Waals surface area (Å²) in [6.07, 6.45) is 5.26. The Labute approximate surface area is 114 Å². The first-order valence-electron chi connectivity index (χ1n) is 6.87. The van der Waals surface area contributed by atoms with Gasteiger partial charge < -0.3 is 15.7 Å². The summed E-state index contributed by atoms with van der Waals surface area (Å²) in [5, 5.41) is 9.25. The molecule has 4 heteroatoms. The Morgan fingerprint density at radius 1 is 1.42 bits per heavy atom. The fourth-order valence-corrected chi connectivity index (χ4v) is 3.00. The quantitative estimate of drug-likeness (QED) is 0.800. The van der Waals surface area contributed by atoms with E-state index in [1.165, 1.54) is 25.7 Å². The van der Waals surface area contributed by atoms with E-state index >= 15 is 0 Å². The minimum absolute atomic E-state index is 0.251. The second-order valence-corrected chi connectivity index (χ2v) is 5.53. The first-order valence-corrected chi connectivity index (χ1v) is 6.87. The minimum Gasteiger partial charge on any atom is -0.478 e. The molecule has 0 aromatic heterocycles. The van der Waals surface area contributed by atoms with E-state index in [9.17, 15) is 9.90 Å². The first-order chi connectivity index (χ1) is 9.08. The van der Waals surface area contributed by atoms with Crippen LogP contribution < -0.4 is 5.73 Å². The Bertz CT molecular complexity index is 453. The van der Waals surface area contributed by atoms with Crippen LogP contribution >= 0.6 is 0 Å². The van der Waals surface area contributed by atoms with Crippen LogP contribution in [-0.2, 0) is 6.54 Å². The van der Waals surface area contributed by atoms with Crippen molar-refractivity contribution in [1.82, 2.24) is 4.90 Å². The number of hydrogen-bond acceptors (Lipinski definition) is 3. The van der Waals surface area contributed by atoms with Crippen LogP contribution in [0.3, 0.4) is 0 Å². The lowest BCUT2D eigenvalue weighted by Crippen LogP contribution is -2.25. The zero-order chi connectivity index (χ0) is 13.8. The molecule has 0 spiro atoms. The van der Waals surface area contributed by atoms with Crippen LogP contribution in [0.15, 0.2) is 18.2 Å². The van der Waals surface area contributed by atoms with Gasteiger partial charge in [0, 0.05) is 18.8 Å². The highest BCUT2D eigenvalue weighted by Crippen LogP contribution is 2.26. The van der Waals surface area contributed by atoms with E-state index in [-0.39, 0.29) is 5.56 Å². The van der Waals surface area contributed by atoms with E-state index in [0.717, 1.165) is 18.0 Å². The highest BCUT2D eigenvalue weighted by molar-refractivity contribution is 5.95. The molecule has 0 heterocycles. The molecular formula is C15H22N2O2. The smallest absolute Gasteiger partial charge is 0.338 e. The topological polar surface area (TPSA) is 66.6 Å². The Kier molecular flexibility index (Phi) is 4.43. The molecule has 0 aliphatic heterocycles. The molecule has 0 saturated heterocycles. The van der Waals surface area contributed by atoms with Crippen molar-refractivity contribution in [2.45, 2.75) is 32.2 Å². The van der Waals surface area contributed by atoms with E-state index in [1.807, 2.05) is 19.2 Å². The molecule has 1 aliphatic rings. The Balaban J connectivity index is 2.05. The van der Waals surface area contributed by atoms with Crippen molar-refractivity contribution in [3.8, 4) is 0 Å². The summed E-state index contributed by atoms with van der Waals surface area (Å²) in [5.41, 5.74) is 7.16. The number of aromatic carboxylic acids is 1. The number of carboxylic acid groups (broad SMARTS) is 1. The van der Waals surface area contributed by atoms with Gasteiger partial charge in [-0.3, -0.25) is 0 Å². The molecular weight excluding hydrogens is 240 g/mol. The van der Waals surface area contributed by atoms with Crippen molar-refractivity contribution in [3.63, 3.8) is 0 Å². The average Bonchev–Trinajstić information content (AvgIpc) is 2.81. The summed E-state index contributed by atoms with van der Waals surface area (Å²) >= 11 is 0. The molecule has 1 saturated carbocycles. The number of nitrogen functional groups attached to an aromatic ring is 1. The van der Waals surface area contributed by atoms with Gasteiger partial charge in [0.25, 0.3) is 0 Å². The number of anilines is 1. The average molecular weight is 262 g/mol. The van der Waals surface area contributed by atoms with Gasteiger partial charge in [-0.15, -0.1) is 0 Å². The Morgan fingerprint density at radius 2 is 2.11 bits per heavy atom. The predicted octanol–water partition coefficient (Wildman–Crippen LogP) is 2.59. The van der Waals surface area contributed by atoms with Crippen LogP contribution in [0.4, 0.5) is 5.69 Å². The molecule has 1 aromatic rings. The van der Waals surface area contributed by atoms with Crippen molar-refractivity contribution in [2.75, 3.05) is 19.3 Å². The maximum absolute atomic E-state index is 11.3. The number of carboxylic acids is 1. The minimum atomic E-state index is -0.942. The maximum Gasteiger partial charge on any atom is 0.338 e. The summed E-state index contributed by atoms with van der Waals surface area (Å²) in [6.45, 7) is 1.68. The molecule has 1 aromatic carbocycles. The predicted molar refractivity (Wildman–Crippen MR) is 76.1 cm³/mol. The SMILES string of the molecule is CN(Cc1cccc(N)c1C(=O)O)CC1CCCC1. The van der Waals surface area contributed by atoms with Crippen LogP contribution in [0, 0.1) is 5.92 Å². The van der Waals surface area contributed by atoms with Crippen LogP contribution in [0.5, 0.6) is 0 Å². The molecule has 2 rings (SSSR count). The van der Waals surface area contributed by atoms with Gasteiger partial charge in [0.15, 0.2) is 0 Å². The zero-order valence-electron chi connectivity index (χ0n) is 11.4. The van der Waals surface area contributed by atoms with Crippen LogP contribution in [0.2, 0.25) is 0 Å². The fraction of sp³-hybridized carbons (Fsp3) is 0.533. The number of nitrogens with zero attached hydrogens (tertiary/aromatic N) is 1. The molecule has 4 nitrogen and oxygen atoms in total. The Hall–Kier alpha value is -1.55. The third-order valence-corrected chi connectivity index (χ3v) is 3.88. The second kappa shape index (κ2) is 6.06. The molecule has 1 aliphatic carbocycles. The maximum atomic E-state index is 11.3. The standard InChI is InChI=1S/C15H22N2O2/c1-17(9-11-5-2-3-6-11)10-12-7-4-8-13(16)14(12)15(18)19/h4,7-8,11H,2-3,5-6,9-10,16H2,1H3,(H,18,19). The second-order valence-electron chi connectivity index (χ2n) is 5.53. The highest BCUT2D eigenvalue weighted by atomic mass is 16.4. The molecule has 3 N–H and O–H groups in total. The summed E-state index contributed by atoms with van der Waals surface area (Å²) in [6, 6.07) is 5.31. The van der Waals surface area contributed by atoms with Crippen molar-refractivity contribution in [3.05, 3.63) is 29.3 Å². The van der Waals surface area contributed by atoms with Crippen LogP contribution in [0.25, 0.3) is 0 Å². The molecule has 0 radical (unpaired) electrons. The molecule has 0 atom stereocenters. The van der Waals surface area contributed by atoms with E-state index in [0.29, 0.717) is 12.2 Å². The van der Waals surface area contributed by atoms with Gasteiger partial charge in [0.1, 0.15) is 0 Å². The van der Waals surface area contributed by atoms with Gasteiger partial charge in [-0.25, -0.2) is 4.79 Å². The third-order valence-electron chi connectivity index (χ3n) is 3.88. The molecule has 104 valence electrons. The number of benzene rings is 1. The third kappa shape index (κ3) is 3.47. The lowest BCUT2D eigenvalue weighted by atomic mass is 10.0. The number of rotatable bonds is 5. The van der Waals surface area contributed by atoms with Gasteiger partial charge >= 0.3 is 5.97 Å². The zero-order valence-corrected chi connectivity index (χ0v) is 11.4. The molecule has 19 heavy (non-hydrogen) atoms. The number of carbonyl (C=O) groups is 1. The molecule has 0 unspecified atom stereocenters. The molecule has 1 fully saturated rings. The number of nitrogens with two attached hydrogens (primary N) is 1. The van der Waals surface area contributed by atoms with E-state index in [1.54, 1.807) is 6.07 Å². The summed E-state index contributed by atoms with van der Waals surface area (Å²) in [4.78, 5) is 13.5. The van der Waals surface area contributed by atoms with Gasteiger partial charge in [-0.1, -0.05) is 25.0 Å². The molecule has 0 amide bonds. The summed E-state index contributed by atoms with van der Waals surface area (Å²) in [7, 11) is 2.05. The monoisotopic (exact) mass is 262 g/mol. The largest absolute Gasteiger partial charge is 0.478 e. The van der Waals surface area contributed by atoms with Gasteiger partial charge in [-0.05, 0) is 37.4 Å². The Morgan fingerprint density at radius 3 is 2.74 bits per heavy atom. The van der Waals surface area contributed by atoms with Crippen molar-refractivity contribution in [1.29, 1.82) is 0 Å². The van der Waals surface area contributed by atoms with Gasteiger partial charge in [0.2, 0.25) is 0 Å². The highest BCUT2D eigenvalue weighted by Gasteiger charge is 2.19. The normalized spacial score (nSPS) is 16.1. The van der Waals surface area contributed by atoms with Crippen molar-refractivity contribution >= 4 is 11.7 Å². The fourth-order valence-electron chi connectivity index (χ4n) is 3.00. The lowest BCUT2D eigenvalue weighted by Gasteiger charge is -2.22.